The maximum Gasteiger partial charge on any atom is 0.265 e. The van der Waals surface area contributed by atoms with Crippen LogP contribution in [0.3, 0.4) is 0 Å². The summed E-state index contributed by atoms with van der Waals surface area (Å²) in [7, 11) is 0. The number of rotatable bonds is 2. The molecular formula is C16H17ClN2OS. The van der Waals surface area contributed by atoms with Crippen molar-refractivity contribution in [1.82, 2.24) is 9.88 Å². The Balaban J connectivity index is 1.89. The molecule has 0 spiro atoms. The second-order valence-electron chi connectivity index (χ2n) is 5.30. The van der Waals surface area contributed by atoms with Crippen molar-refractivity contribution >= 4 is 28.8 Å². The number of piperidine rings is 1. The Labute approximate surface area is 133 Å². The van der Waals surface area contributed by atoms with Gasteiger partial charge in [0.1, 0.15) is 9.88 Å². The van der Waals surface area contributed by atoms with Crippen molar-refractivity contribution in [1.29, 1.82) is 0 Å². The molecule has 0 bridgehead atoms. The smallest absolute Gasteiger partial charge is 0.265 e. The third-order valence-corrected chi connectivity index (χ3v) is 5.14. The van der Waals surface area contributed by atoms with E-state index in [1.807, 2.05) is 36.1 Å². The van der Waals surface area contributed by atoms with Crippen molar-refractivity contribution in [3.8, 4) is 10.6 Å². The molecule has 2 aromatic rings. The van der Waals surface area contributed by atoms with E-state index in [9.17, 15) is 4.79 Å². The molecule has 21 heavy (non-hydrogen) atoms. The summed E-state index contributed by atoms with van der Waals surface area (Å²) >= 11 is 7.49. The lowest BCUT2D eigenvalue weighted by molar-refractivity contribution is 0.0728. The van der Waals surface area contributed by atoms with E-state index in [-0.39, 0.29) is 5.91 Å². The van der Waals surface area contributed by atoms with E-state index in [1.165, 1.54) is 17.8 Å². The van der Waals surface area contributed by atoms with E-state index in [0.717, 1.165) is 47.1 Å². The van der Waals surface area contributed by atoms with Gasteiger partial charge < -0.3 is 4.90 Å². The Morgan fingerprint density at radius 3 is 2.76 bits per heavy atom. The van der Waals surface area contributed by atoms with Gasteiger partial charge in [0.05, 0.1) is 5.69 Å². The maximum absolute atomic E-state index is 12.6. The first-order chi connectivity index (χ1) is 10.1. The number of hydrogen-bond donors (Lipinski definition) is 0. The zero-order chi connectivity index (χ0) is 14.8. The number of aryl methyl sites for hydroxylation is 1. The molecule has 1 aliphatic heterocycles. The van der Waals surface area contributed by atoms with Crippen LogP contribution in [-0.4, -0.2) is 28.9 Å². The predicted octanol–water partition coefficient (Wildman–Crippen LogP) is 4.40. The first kappa shape index (κ1) is 14.5. The van der Waals surface area contributed by atoms with Gasteiger partial charge in [-0.05, 0) is 38.3 Å². The van der Waals surface area contributed by atoms with Gasteiger partial charge in [0, 0.05) is 23.7 Å². The molecule has 3 rings (SSSR count). The van der Waals surface area contributed by atoms with E-state index in [2.05, 4.69) is 4.98 Å². The van der Waals surface area contributed by atoms with Crippen molar-refractivity contribution in [2.75, 3.05) is 13.1 Å². The quantitative estimate of drug-likeness (QED) is 0.821. The highest BCUT2D eigenvalue weighted by atomic mass is 35.5. The number of aromatic nitrogens is 1. The molecule has 0 unspecified atom stereocenters. The summed E-state index contributed by atoms with van der Waals surface area (Å²) in [4.78, 5) is 19.9. The summed E-state index contributed by atoms with van der Waals surface area (Å²) in [6.45, 7) is 3.63. The first-order valence-electron chi connectivity index (χ1n) is 7.18. The molecule has 1 aromatic heterocycles. The number of amides is 1. The van der Waals surface area contributed by atoms with E-state index in [0.29, 0.717) is 5.02 Å². The molecular weight excluding hydrogens is 304 g/mol. The van der Waals surface area contributed by atoms with E-state index >= 15 is 0 Å². The maximum atomic E-state index is 12.6. The largest absolute Gasteiger partial charge is 0.338 e. The van der Waals surface area contributed by atoms with E-state index in [1.54, 1.807) is 0 Å². The number of hydrogen-bond acceptors (Lipinski definition) is 3. The number of nitrogens with zero attached hydrogens (tertiary/aromatic N) is 2. The molecule has 0 N–H and O–H groups in total. The SMILES string of the molecule is Cc1nc(-c2cccc(Cl)c2)sc1C(=O)N1CCCCC1. The molecule has 0 atom stereocenters. The summed E-state index contributed by atoms with van der Waals surface area (Å²) in [5, 5.41) is 1.54. The average molecular weight is 321 g/mol. The molecule has 5 heteroatoms. The molecule has 1 amide bonds. The molecule has 110 valence electrons. The Kier molecular flexibility index (Phi) is 4.27. The van der Waals surface area contributed by atoms with Crippen molar-refractivity contribution in [2.45, 2.75) is 26.2 Å². The van der Waals surface area contributed by atoms with Gasteiger partial charge in [-0.15, -0.1) is 11.3 Å². The van der Waals surface area contributed by atoms with Gasteiger partial charge in [0.15, 0.2) is 0 Å². The normalized spacial score (nSPS) is 15.2. The number of likely N-dealkylation sites (tertiary alicyclic amines) is 1. The van der Waals surface area contributed by atoms with Gasteiger partial charge in [-0.2, -0.15) is 0 Å². The Morgan fingerprint density at radius 1 is 1.29 bits per heavy atom. The zero-order valence-electron chi connectivity index (χ0n) is 11.9. The highest BCUT2D eigenvalue weighted by Crippen LogP contribution is 2.30. The van der Waals surface area contributed by atoms with Crippen LogP contribution in [0, 0.1) is 6.92 Å². The topological polar surface area (TPSA) is 33.2 Å². The van der Waals surface area contributed by atoms with Crippen molar-refractivity contribution in [2.24, 2.45) is 0 Å². The summed E-state index contributed by atoms with van der Waals surface area (Å²) in [6.07, 6.45) is 3.43. The second-order valence-corrected chi connectivity index (χ2v) is 6.73. The minimum absolute atomic E-state index is 0.123. The van der Waals surface area contributed by atoms with Crippen LogP contribution >= 0.6 is 22.9 Å². The second kappa shape index (κ2) is 6.16. The highest BCUT2D eigenvalue weighted by molar-refractivity contribution is 7.17. The lowest BCUT2D eigenvalue weighted by Crippen LogP contribution is -2.35. The fourth-order valence-electron chi connectivity index (χ4n) is 2.58. The van der Waals surface area contributed by atoms with Crippen LogP contribution in [0.2, 0.25) is 5.02 Å². The van der Waals surface area contributed by atoms with Gasteiger partial charge in [-0.3, -0.25) is 4.79 Å². The van der Waals surface area contributed by atoms with Gasteiger partial charge in [0.25, 0.3) is 5.91 Å². The Hall–Kier alpha value is -1.39. The van der Waals surface area contributed by atoms with Crippen LogP contribution in [0.5, 0.6) is 0 Å². The lowest BCUT2D eigenvalue weighted by atomic mass is 10.1. The molecule has 1 fully saturated rings. The first-order valence-corrected chi connectivity index (χ1v) is 8.37. The molecule has 1 aliphatic rings. The molecule has 1 saturated heterocycles. The average Bonchev–Trinajstić information content (AvgIpc) is 2.89. The molecule has 0 radical (unpaired) electrons. The van der Waals surface area contributed by atoms with Gasteiger partial charge in [-0.25, -0.2) is 4.98 Å². The predicted molar refractivity (Wildman–Crippen MR) is 87.1 cm³/mol. The zero-order valence-corrected chi connectivity index (χ0v) is 13.5. The molecule has 1 aromatic carbocycles. The highest BCUT2D eigenvalue weighted by Gasteiger charge is 2.23. The van der Waals surface area contributed by atoms with Gasteiger partial charge in [0.2, 0.25) is 0 Å². The monoisotopic (exact) mass is 320 g/mol. The Morgan fingerprint density at radius 2 is 2.05 bits per heavy atom. The molecule has 0 saturated carbocycles. The third kappa shape index (κ3) is 3.11. The van der Waals surface area contributed by atoms with Crippen LogP contribution in [0.25, 0.3) is 10.6 Å². The minimum Gasteiger partial charge on any atom is -0.338 e. The van der Waals surface area contributed by atoms with Crippen LogP contribution in [0.15, 0.2) is 24.3 Å². The van der Waals surface area contributed by atoms with Crippen molar-refractivity contribution < 1.29 is 4.79 Å². The Bertz CT molecular complexity index is 662. The van der Waals surface area contributed by atoms with Gasteiger partial charge in [-0.1, -0.05) is 23.7 Å². The summed E-state index contributed by atoms with van der Waals surface area (Å²) in [5.74, 6) is 0.123. The van der Waals surface area contributed by atoms with E-state index < -0.39 is 0 Å². The molecule has 0 aliphatic carbocycles. The molecule has 2 heterocycles. The number of carbonyl (C=O) groups excluding carboxylic acids is 1. The number of benzene rings is 1. The fraction of sp³-hybridized carbons (Fsp3) is 0.375. The van der Waals surface area contributed by atoms with Crippen molar-refractivity contribution in [3.05, 3.63) is 39.9 Å². The summed E-state index contributed by atoms with van der Waals surface area (Å²) < 4.78 is 0. The van der Waals surface area contributed by atoms with E-state index in [4.69, 9.17) is 11.6 Å². The van der Waals surface area contributed by atoms with Crippen molar-refractivity contribution in [3.63, 3.8) is 0 Å². The van der Waals surface area contributed by atoms with Crippen LogP contribution in [-0.2, 0) is 0 Å². The third-order valence-electron chi connectivity index (χ3n) is 3.71. The standard InChI is InChI=1S/C16H17ClN2OS/c1-11-14(16(20)19-8-3-2-4-9-19)21-15(18-11)12-6-5-7-13(17)10-12/h5-7,10H,2-4,8-9H2,1H3. The number of halogens is 1. The fourth-order valence-corrected chi connectivity index (χ4v) is 3.80. The van der Waals surface area contributed by atoms with Gasteiger partial charge >= 0.3 is 0 Å². The number of thiazole rings is 1. The summed E-state index contributed by atoms with van der Waals surface area (Å²) in [5.41, 5.74) is 1.78. The summed E-state index contributed by atoms with van der Waals surface area (Å²) in [6, 6.07) is 7.60. The van der Waals surface area contributed by atoms with Crippen LogP contribution in [0.4, 0.5) is 0 Å². The minimum atomic E-state index is 0.123. The lowest BCUT2D eigenvalue weighted by Gasteiger charge is -2.26. The van der Waals surface area contributed by atoms with Crippen LogP contribution in [0.1, 0.15) is 34.6 Å². The molecule has 3 nitrogen and oxygen atoms in total. The van der Waals surface area contributed by atoms with Crippen LogP contribution < -0.4 is 0 Å². The number of carbonyl (C=O) groups is 1.